The van der Waals surface area contributed by atoms with Crippen LogP contribution in [0, 0.1) is 5.92 Å². The van der Waals surface area contributed by atoms with Crippen LogP contribution in [-0.2, 0) is 19.9 Å². The molecule has 0 radical (unpaired) electrons. The summed E-state index contributed by atoms with van der Waals surface area (Å²) in [5.41, 5.74) is 0.107. The van der Waals surface area contributed by atoms with Crippen LogP contribution in [0.5, 0.6) is 0 Å². The SMILES string of the molecule is O=C(O)CC(CCCCCCN1C(=O)NC(c2ccccc2)(c2ccccc2)C1=O)C(=O)O. The predicted molar refractivity (Wildman–Crippen MR) is 120 cm³/mol. The lowest BCUT2D eigenvalue weighted by molar-refractivity contribution is -0.148. The number of benzene rings is 2. The van der Waals surface area contributed by atoms with Crippen molar-refractivity contribution < 1.29 is 29.4 Å². The van der Waals surface area contributed by atoms with Gasteiger partial charge in [-0.05, 0) is 24.0 Å². The summed E-state index contributed by atoms with van der Waals surface area (Å²) in [5.74, 6) is -3.45. The predicted octanol–water partition coefficient (Wildman–Crippen LogP) is 3.61. The van der Waals surface area contributed by atoms with Crippen LogP contribution in [0.25, 0.3) is 0 Å². The minimum absolute atomic E-state index is 0.254. The second-order valence-electron chi connectivity index (χ2n) is 8.20. The van der Waals surface area contributed by atoms with E-state index in [1.807, 2.05) is 60.7 Å². The summed E-state index contributed by atoms with van der Waals surface area (Å²) >= 11 is 0. The summed E-state index contributed by atoms with van der Waals surface area (Å²) in [7, 11) is 0. The van der Waals surface area contributed by atoms with Crippen molar-refractivity contribution in [1.82, 2.24) is 10.2 Å². The number of nitrogens with zero attached hydrogens (tertiary/aromatic N) is 1. The number of rotatable bonds is 12. The molecule has 1 aliphatic rings. The van der Waals surface area contributed by atoms with Gasteiger partial charge < -0.3 is 15.5 Å². The molecule has 3 N–H and O–H groups in total. The number of carbonyl (C=O) groups is 4. The van der Waals surface area contributed by atoms with Gasteiger partial charge >= 0.3 is 18.0 Å². The summed E-state index contributed by atoms with van der Waals surface area (Å²) in [6.45, 7) is 0.254. The minimum Gasteiger partial charge on any atom is -0.481 e. The van der Waals surface area contributed by atoms with Gasteiger partial charge in [-0.25, -0.2) is 4.79 Å². The zero-order valence-corrected chi connectivity index (χ0v) is 18.3. The monoisotopic (exact) mass is 452 g/mol. The minimum atomic E-state index is -1.27. The fourth-order valence-corrected chi connectivity index (χ4v) is 4.25. The van der Waals surface area contributed by atoms with Crippen LogP contribution in [-0.4, -0.2) is 45.5 Å². The van der Waals surface area contributed by atoms with Gasteiger partial charge in [-0.1, -0.05) is 79.9 Å². The number of unbranched alkanes of at least 4 members (excludes halogenated alkanes) is 3. The number of amides is 3. The first-order valence-electron chi connectivity index (χ1n) is 11.1. The number of carboxylic acid groups (broad SMARTS) is 2. The van der Waals surface area contributed by atoms with Crippen molar-refractivity contribution in [1.29, 1.82) is 0 Å². The molecule has 1 unspecified atom stereocenters. The smallest absolute Gasteiger partial charge is 0.325 e. The van der Waals surface area contributed by atoms with Crippen molar-refractivity contribution in [2.75, 3.05) is 6.54 Å². The number of hydrogen-bond acceptors (Lipinski definition) is 4. The normalized spacial score (nSPS) is 15.8. The van der Waals surface area contributed by atoms with Crippen molar-refractivity contribution in [3.05, 3.63) is 71.8 Å². The molecule has 3 amide bonds. The molecule has 0 bridgehead atoms. The topological polar surface area (TPSA) is 124 Å². The molecule has 1 heterocycles. The Balaban J connectivity index is 1.61. The quantitative estimate of drug-likeness (QED) is 0.334. The molecule has 0 saturated carbocycles. The molecule has 1 fully saturated rings. The Morgan fingerprint density at radius 2 is 1.39 bits per heavy atom. The number of aliphatic carboxylic acids is 2. The van der Waals surface area contributed by atoms with Gasteiger partial charge in [0.25, 0.3) is 5.91 Å². The van der Waals surface area contributed by atoms with E-state index in [9.17, 15) is 19.2 Å². The van der Waals surface area contributed by atoms with E-state index in [2.05, 4.69) is 5.32 Å². The van der Waals surface area contributed by atoms with Gasteiger partial charge in [-0.2, -0.15) is 0 Å². The van der Waals surface area contributed by atoms with Gasteiger partial charge in [0.15, 0.2) is 5.54 Å². The standard InChI is InChI=1S/C25H28N2O6/c28-21(29)17-18(22(30)31)11-5-1-2-10-16-27-23(32)25(26-24(27)33,19-12-6-3-7-13-19)20-14-8-4-9-15-20/h3-4,6-9,12-15,18H,1-2,5,10-11,16-17H2,(H,26,33)(H,28,29)(H,30,31). The third kappa shape index (κ3) is 5.39. The second-order valence-corrected chi connectivity index (χ2v) is 8.20. The highest BCUT2D eigenvalue weighted by atomic mass is 16.4. The van der Waals surface area contributed by atoms with Crippen LogP contribution in [0.4, 0.5) is 4.79 Å². The van der Waals surface area contributed by atoms with Crippen molar-refractivity contribution in [3.63, 3.8) is 0 Å². The average Bonchev–Trinajstić information content (AvgIpc) is 3.06. The summed E-state index contributed by atoms with van der Waals surface area (Å²) in [4.78, 5) is 49.5. The molecule has 8 heteroatoms. The van der Waals surface area contributed by atoms with Gasteiger partial charge in [-0.15, -0.1) is 0 Å². The van der Waals surface area contributed by atoms with Gasteiger partial charge in [0.05, 0.1) is 12.3 Å². The molecule has 2 aromatic rings. The van der Waals surface area contributed by atoms with Crippen molar-refractivity contribution >= 4 is 23.9 Å². The lowest BCUT2D eigenvalue weighted by Crippen LogP contribution is -2.45. The van der Waals surface area contributed by atoms with E-state index in [4.69, 9.17) is 10.2 Å². The summed E-state index contributed by atoms with van der Waals surface area (Å²) in [5, 5.41) is 20.8. The molecule has 2 aromatic carbocycles. The van der Waals surface area contributed by atoms with E-state index in [0.29, 0.717) is 36.8 Å². The Bertz CT molecular complexity index is 953. The van der Waals surface area contributed by atoms with E-state index in [-0.39, 0.29) is 18.9 Å². The zero-order chi connectivity index (χ0) is 23.8. The molecule has 0 aliphatic carbocycles. The molecular weight excluding hydrogens is 424 g/mol. The number of carbonyl (C=O) groups excluding carboxylic acids is 2. The first-order chi connectivity index (χ1) is 15.9. The average molecular weight is 453 g/mol. The largest absolute Gasteiger partial charge is 0.481 e. The van der Waals surface area contributed by atoms with Crippen LogP contribution in [0.2, 0.25) is 0 Å². The van der Waals surface area contributed by atoms with E-state index < -0.39 is 35.8 Å². The maximum absolute atomic E-state index is 13.5. The Morgan fingerprint density at radius 1 is 0.848 bits per heavy atom. The third-order valence-corrected chi connectivity index (χ3v) is 5.97. The molecule has 33 heavy (non-hydrogen) atoms. The number of urea groups is 1. The van der Waals surface area contributed by atoms with Gasteiger partial charge in [0, 0.05) is 6.54 Å². The maximum Gasteiger partial charge on any atom is 0.325 e. The first-order valence-corrected chi connectivity index (χ1v) is 11.1. The maximum atomic E-state index is 13.5. The number of nitrogens with one attached hydrogen (secondary N) is 1. The van der Waals surface area contributed by atoms with Crippen LogP contribution in [0.1, 0.15) is 49.7 Å². The van der Waals surface area contributed by atoms with E-state index in [1.165, 1.54) is 4.90 Å². The third-order valence-electron chi connectivity index (χ3n) is 5.97. The van der Waals surface area contributed by atoms with Crippen molar-refractivity contribution in [2.45, 2.75) is 44.1 Å². The molecule has 0 aromatic heterocycles. The molecule has 174 valence electrons. The number of hydrogen-bond donors (Lipinski definition) is 3. The highest BCUT2D eigenvalue weighted by molar-refractivity contribution is 6.09. The van der Waals surface area contributed by atoms with Gasteiger partial charge in [0.1, 0.15) is 0 Å². The summed E-state index contributed by atoms with van der Waals surface area (Å²) < 4.78 is 0. The molecular formula is C25H28N2O6. The van der Waals surface area contributed by atoms with Crippen LogP contribution >= 0.6 is 0 Å². The Labute approximate surface area is 192 Å². The van der Waals surface area contributed by atoms with Gasteiger partial charge in [-0.3, -0.25) is 19.3 Å². The molecule has 1 aliphatic heterocycles. The van der Waals surface area contributed by atoms with Crippen LogP contribution in [0.15, 0.2) is 60.7 Å². The first kappa shape index (κ1) is 24.0. The highest BCUT2D eigenvalue weighted by Crippen LogP contribution is 2.36. The van der Waals surface area contributed by atoms with E-state index in [1.54, 1.807) is 0 Å². The van der Waals surface area contributed by atoms with Gasteiger partial charge in [0.2, 0.25) is 0 Å². The Morgan fingerprint density at radius 3 is 1.91 bits per heavy atom. The van der Waals surface area contributed by atoms with Crippen molar-refractivity contribution in [2.24, 2.45) is 5.92 Å². The van der Waals surface area contributed by atoms with Crippen molar-refractivity contribution in [3.8, 4) is 0 Å². The number of carboxylic acids is 2. The van der Waals surface area contributed by atoms with Crippen LogP contribution < -0.4 is 5.32 Å². The second kappa shape index (κ2) is 10.8. The zero-order valence-electron chi connectivity index (χ0n) is 18.3. The lowest BCUT2D eigenvalue weighted by Gasteiger charge is -2.28. The Kier molecular flexibility index (Phi) is 7.82. The van der Waals surface area contributed by atoms with E-state index in [0.717, 1.165) is 0 Å². The molecule has 0 spiro atoms. The molecule has 3 rings (SSSR count). The fraction of sp³-hybridized carbons (Fsp3) is 0.360. The van der Waals surface area contributed by atoms with Crippen LogP contribution in [0.3, 0.4) is 0 Å². The fourth-order valence-electron chi connectivity index (χ4n) is 4.25. The molecule has 8 nitrogen and oxygen atoms in total. The highest BCUT2D eigenvalue weighted by Gasteiger charge is 2.53. The Hall–Kier alpha value is -3.68. The lowest BCUT2D eigenvalue weighted by atomic mass is 9.82. The summed E-state index contributed by atoms with van der Waals surface area (Å²) in [6, 6.07) is 17.9. The molecule has 1 saturated heterocycles. The van der Waals surface area contributed by atoms with E-state index >= 15 is 0 Å². The summed E-state index contributed by atoms with van der Waals surface area (Å²) in [6.07, 6.45) is 2.43. The number of imide groups is 1. The molecule has 1 atom stereocenters.